The van der Waals surface area contributed by atoms with Gasteiger partial charge in [-0.2, -0.15) is 0 Å². The molecule has 0 aliphatic heterocycles. The van der Waals surface area contributed by atoms with Gasteiger partial charge in [-0.05, 0) is 31.2 Å². The average molecular weight is 353 g/mol. The van der Waals surface area contributed by atoms with Crippen molar-refractivity contribution in [2.24, 2.45) is 0 Å². The van der Waals surface area contributed by atoms with Gasteiger partial charge in [0.25, 0.3) is 5.56 Å². The molecule has 7 nitrogen and oxygen atoms in total. The molecule has 0 radical (unpaired) electrons. The molecule has 7 heteroatoms. The quantitative estimate of drug-likeness (QED) is 0.762. The zero-order chi connectivity index (χ0) is 18.7. The van der Waals surface area contributed by atoms with Crippen LogP contribution in [-0.2, 0) is 4.79 Å². The highest BCUT2D eigenvalue weighted by Crippen LogP contribution is 2.29. The number of methoxy groups -OCH3 is 2. The predicted molar refractivity (Wildman–Crippen MR) is 98.9 cm³/mol. The van der Waals surface area contributed by atoms with E-state index in [1.54, 1.807) is 43.3 Å². The fourth-order valence-electron chi connectivity index (χ4n) is 2.63. The largest absolute Gasteiger partial charge is 0.497 e. The number of amides is 1. The van der Waals surface area contributed by atoms with E-state index in [0.29, 0.717) is 28.1 Å². The van der Waals surface area contributed by atoms with E-state index in [2.05, 4.69) is 10.3 Å². The van der Waals surface area contributed by atoms with E-state index in [9.17, 15) is 9.59 Å². The van der Waals surface area contributed by atoms with Crippen molar-refractivity contribution in [2.75, 3.05) is 19.5 Å². The molecule has 134 valence electrons. The lowest BCUT2D eigenvalue weighted by Crippen LogP contribution is -2.31. The van der Waals surface area contributed by atoms with Crippen LogP contribution in [0.4, 0.5) is 5.69 Å². The first-order chi connectivity index (χ1) is 12.5. The molecule has 0 unspecified atom stereocenters. The van der Waals surface area contributed by atoms with Gasteiger partial charge in [0.15, 0.2) is 0 Å². The van der Waals surface area contributed by atoms with Crippen LogP contribution in [-0.4, -0.2) is 29.7 Å². The summed E-state index contributed by atoms with van der Waals surface area (Å²) in [6.07, 6.45) is 1.39. The van der Waals surface area contributed by atoms with Crippen LogP contribution < -0.4 is 20.3 Å². The molecular weight excluding hydrogens is 334 g/mol. The van der Waals surface area contributed by atoms with E-state index < -0.39 is 6.04 Å². The Bertz CT molecular complexity index is 1010. The summed E-state index contributed by atoms with van der Waals surface area (Å²) in [4.78, 5) is 29.6. The summed E-state index contributed by atoms with van der Waals surface area (Å²) >= 11 is 0. The van der Waals surface area contributed by atoms with Gasteiger partial charge in [0.05, 0.1) is 37.1 Å². The number of nitrogens with one attached hydrogen (secondary N) is 1. The number of nitrogens with zero attached hydrogens (tertiary/aromatic N) is 2. The SMILES string of the molecule is COc1ccc(OC)c(NC(=O)[C@H](C)n2cnc3ccccc3c2=O)c1. The van der Waals surface area contributed by atoms with Gasteiger partial charge >= 0.3 is 0 Å². The van der Waals surface area contributed by atoms with Crippen LogP contribution in [0, 0.1) is 0 Å². The van der Waals surface area contributed by atoms with Crippen molar-refractivity contribution < 1.29 is 14.3 Å². The molecule has 1 heterocycles. The third-order valence-corrected chi connectivity index (χ3v) is 4.15. The smallest absolute Gasteiger partial charge is 0.261 e. The number of hydrogen-bond acceptors (Lipinski definition) is 5. The summed E-state index contributed by atoms with van der Waals surface area (Å²) in [6, 6.07) is 11.4. The van der Waals surface area contributed by atoms with E-state index >= 15 is 0 Å². The second-order valence-corrected chi connectivity index (χ2v) is 5.71. The van der Waals surface area contributed by atoms with E-state index in [1.807, 2.05) is 6.07 Å². The maximum absolute atomic E-state index is 12.7. The highest BCUT2D eigenvalue weighted by molar-refractivity contribution is 5.95. The number of para-hydroxylation sites is 1. The lowest BCUT2D eigenvalue weighted by Gasteiger charge is -2.17. The third kappa shape index (κ3) is 3.23. The Morgan fingerprint density at radius 1 is 1.15 bits per heavy atom. The number of ether oxygens (including phenoxy) is 2. The molecule has 1 aromatic heterocycles. The number of rotatable bonds is 5. The average Bonchev–Trinajstić information content (AvgIpc) is 2.67. The number of carbonyl (C=O) groups is 1. The van der Waals surface area contributed by atoms with Gasteiger partial charge < -0.3 is 14.8 Å². The van der Waals surface area contributed by atoms with Gasteiger partial charge in [0.2, 0.25) is 5.91 Å². The number of fused-ring (bicyclic) bond motifs is 1. The highest BCUT2D eigenvalue weighted by atomic mass is 16.5. The predicted octanol–water partition coefficient (Wildman–Crippen LogP) is 2.61. The van der Waals surface area contributed by atoms with Crippen molar-refractivity contribution in [3.63, 3.8) is 0 Å². The molecule has 0 saturated heterocycles. The van der Waals surface area contributed by atoms with Crippen molar-refractivity contribution in [3.8, 4) is 11.5 Å². The van der Waals surface area contributed by atoms with E-state index in [1.165, 1.54) is 25.1 Å². The Morgan fingerprint density at radius 2 is 1.92 bits per heavy atom. The molecule has 1 atom stereocenters. The maximum Gasteiger partial charge on any atom is 0.261 e. The summed E-state index contributed by atoms with van der Waals surface area (Å²) in [5, 5.41) is 3.24. The molecule has 26 heavy (non-hydrogen) atoms. The first-order valence-corrected chi connectivity index (χ1v) is 8.04. The third-order valence-electron chi connectivity index (χ3n) is 4.15. The zero-order valence-corrected chi connectivity index (χ0v) is 14.7. The Morgan fingerprint density at radius 3 is 2.65 bits per heavy atom. The van der Waals surface area contributed by atoms with E-state index in [-0.39, 0.29) is 11.5 Å². The van der Waals surface area contributed by atoms with Gasteiger partial charge in [-0.1, -0.05) is 12.1 Å². The van der Waals surface area contributed by atoms with Crippen molar-refractivity contribution >= 4 is 22.5 Å². The molecular formula is C19H19N3O4. The second kappa shape index (κ2) is 7.26. The summed E-state index contributed by atoms with van der Waals surface area (Å²) < 4.78 is 11.7. The molecule has 0 aliphatic rings. The van der Waals surface area contributed by atoms with Crippen LogP contribution in [0.5, 0.6) is 11.5 Å². The van der Waals surface area contributed by atoms with Crippen LogP contribution in [0.1, 0.15) is 13.0 Å². The monoisotopic (exact) mass is 353 g/mol. The van der Waals surface area contributed by atoms with Gasteiger partial charge in [-0.15, -0.1) is 0 Å². The minimum Gasteiger partial charge on any atom is -0.497 e. The first-order valence-electron chi connectivity index (χ1n) is 8.04. The van der Waals surface area contributed by atoms with E-state index in [0.717, 1.165) is 0 Å². The van der Waals surface area contributed by atoms with Crippen LogP contribution in [0.2, 0.25) is 0 Å². The van der Waals surface area contributed by atoms with Crippen LogP contribution in [0.25, 0.3) is 10.9 Å². The molecule has 0 spiro atoms. The van der Waals surface area contributed by atoms with Gasteiger partial charge in [-0.3, -0.25) is 14.2 Å². The minimum atomic E-state index is -0.754. The Labute approximate surface area is 150 Å². The van der Waals surface area contributed by atoms with Crippen LogP contribution in [0.15, 0.2) is 53.6 Å². The van der Waals surface area contributed by atoms with Crippen molar-refractivity contribution in [1.29, 1.82) is 0 Å². The number of aromatic nitrogens is 2. The normalized spacial score (nSPS) is 11.8. The van der Waals surface area contributed by atoms with Crippen molar-refractivity contribution in [1.82, 2.24) is 9.55 Å². The highest BCUT2D eigenvalue weighted by Gasteiger charge is 2.19. The maximum atomic E-state index is 12.7. The molecule has 0 aliphatic carbocycles. The number of anilines is 1. The van der Waals surface area contributed by atoms with Crippen LogP contribution in [0.3, 0.4) is 0 Å². The summed E-state index contributed by atoms with van der Waals surface area (Å²) in [7, 11) is 3.05. The Balaban J connectivity index is 1.91. The van der Waals surface area contributed by atoms with Gasteiger partial charge in [0.1, 0.15) is 17.5 Å². The fourth-order valence-corrected chi connectivity index (χ4v) is 2.63. The molecule has 0 saturated carbocycles. The number of hydrogen-bond donors (Lipinski definition) is 1. The topological polar surface area (TPSA) is 82.4 Å². The molecule has 0 bridgehead atoms. The summed E-state index contributed by atoms with van der Waals surface area (Å²) in [6.45, 7) is 1.64. The molecule has 3 aromatic rings. The zero-order valence-electron chi connectivity index (χ0n) is 14.7. The first kappa shape index (κ1) is 17.5. The van der Waals surface area contributed by atoms with Crippen molar-refractivity contribution in [2.45, 2.75) is 13.0 Å². The Hall–Kier alpha value is -3.35. The molecule has 0 fully saturated rings. The Kier molecular flexibility index (Phi) is 4.88. The molecule has 2 aromatic carbocycles. The van der Waals surface area contributed by atoms with Crippen molar-refractivity contribution in [3.05, 3.63) is 59.1 Å². The fraction of sp³-hybridized carbons (Fsp3) is 0.211. The minimum absolute atomic E-state index is 0.268. The number of carbonyl (C=O) groups excluding carboxylic acids is 1. The lowest BCUT2D eigenvalue weighted by molar-refractivity contribution is -0.118. The summed E-state index contributed by atoms with van der Waals surface area (Å²) in [5.74, 6) is 0.712. The molecule has 1 N–H and O–H groups in total. The van der Waals surface area contributed by atoms with E-state index in [4.69, 9.17) is 9.47 Å². The molecule has 1 amide bonds. The van der Waals surface area contributed by atoms with Gasteiger partial charge in [-0.25, -0.2) is 4.98 Å². The lowest BCUT2D eigenvalue weighted by atomic mass is 10.2. The molecule has 3 rings (SSSR count). The standard InChI is InChI=1S/C19H19N3O4/c1-12(22-11-20-15-7-5-4-6-14(15)19(22)24)18(23)21-16-10-13(25-2)8-9-17(16)26-3/h4-12H,1-3H3,(H,21,23)/t12-/m0/s1. The van der Waals surface area contributed by atoms with Gasteiger partial charge in [0, 0.05) is 6.07 Å². The second-order valence-electron chi connectivity index (χ2n) is 5.71. The van der Waals surface area contributed by atoms with Crippen LogP contribution >= 0.6 is 0 Å². The number of benzene rings is 2. The summed E-state index contributed by atoms with van der Waals surface area (Å²) in [5.41, 5.74) is 0.789.